The number of thiophene rings is 1. The number of fused-ring (bicyclic) bond motifs is 6. The summed E-state index contributed by atoms with van der Waals surface area (Å²) in [5, 5.41) is 32.3. The van der Waals surface area contributed by atoms with Crippen LogP contribution in [0.15, 0.2) is 4.52 Å². The van der Waals surface area contributed by atoms with Crippen LogP contribution < -0.4 is 15.4 Å². The Bertz CT molecular complexity index is 1950. The molecule has 9 rings (SSSR count). The first kappa shape index (κ1) is 29.4. The summed E-state index contributed by atoms with van der Waals surface area (Å²) in [5.74, 6) is 2.36. The number of anilines is 2. The van der Waals surface area contributed by atoms with Gasteiger partial charge in [-0.2, -0.15) is 5.26 Å². The lowest BCUT2D eigenvalue weighted by Crippen LogP contribution is -2.53. The van der Waals surface area contributed by atoms with Crippen LogP contribution in [0.4, 0.5) is 10.8 Å². The van der Waals surface area contributed by atoms with E-state index in [0.29, 0.717) is 84.0 Å². The SMILES string of the molecule is CC(C1CCCN1C)n1nc2c3c(nc(-c4noc5c4COCC54CCCc5sc(N)c(C#N)c54)nc31)N1CC(C)(O)CCC1CO2. The zero-order valence-electron chi connectivity index (χ0n) is 27.0. The molecule has 0 radical (unpaired) electrons. The Morgan fingerprint density at radius 2 is 2.09 bits per heavy atom. The fraction of sp³-hybridized carbons (Fsp3) is 0.606. The summed E-state index contributed by atoms with van der Waals surface area (Å²) in [6.07, 6.45) is 6.23. The summed E-state index contributed by atoms with van der Waals surface area (Å²) in [4.78, 5) is 16.1. The molecule has 2 saturated heterocycles. The smallest absolute Gasteiger partial charge is 0.246 e. The second kappa shape index (κ2) is 10.4. The number of nitrogens with zero attached hydrogens (tertiary/aromatic N) is 8. The van der Waals surface area contributed by atoms with Gasteiger partial charge in [0.1, 0.15) is 28.9 Å². The highest BCUT2D eigenvalue weighted by molar-refractivity contribution is 7.16. The van der Waals surface area contributed by atoms with Crippen LogP contribution >= 0.6 is 11.3 Å². The standard InChI is InChI=1S/C33H39N9O4S/c1-17(21-6-5-11-40(21)3)42-30-23-29(41-15-32(2,43)10-8-18(41)13-45-31(23)38-42)36-28(37-30)25-20-14-44-16-33(26(20)46-39-25)9-4-7-22-24(33)19(12-34)27(35)47-22/h17-18,21,43H,4-11,13-16,35H2,1-3H3. The van der Waals surface area contributed by atoms with Gasteiger partial charge in [0, 0.05) is 23.0 Å². The fourth-order valence-corrected chi connectivity index (χ4v) is 10.1. The summed E-state index contributed by atoms with van der Waals surface area (Å²) >= 11 is 1.49. The predicted octanol–water partition coefficient (Wildman–Crippen LogP) is 3.92. The summed E-state index contributed by atoms with van der Waals surface area (Å²) in [7, 11) is 2.17. The number of likely N-dealkylation sites (N-methyl/N-ethyl adjacent to an activating group) is 1. The minimum atomic E-state index is -0.874. The Morgan fingerprint density at radius 1 is 1.21 bits per heavy atom. The number of aryl methyl sites for hydroxylation is 1. The Balaban J connectivity index is 1.24. The third-order valence-corrected chi connectivity index (χ3v) is 12.4. The number of hydrogen-bond donors (Lipinski definition) is 2. The third-order valence-electron chi connectivity index (χ3n) is 11.3. The predicted molar refractivity (Wildman–Crippen MR) is 174 cm³/mol. The molecular formula is C33H39N9O4S. The van der Waals surface area contributed by atoms with E-state index in [4.69, 9.17) is 34.8 Å². The fourth-order valence-electron chi connectivity index (χ4n) is 8.93. The van der Waals surface area contributed by atoms with Crippen molar-refractivity contribution < 1.29 is 19.1 Å². The second-order valence-electron chi connectivity index (χ2n) is 14.4. The number of nitrogens with two attached hydrogens (primary N) is 1. The van der Waals surface area contributed by atoms with Crippen LogP contribution in [0.1, 0.15) is 85.7 Å². The molecule has 5 atom stereocenters. The summed E-state index contributed by atoms with van der Waals surface area (Å²) < 4.78 is 21.0. The van der Waals surface area contributed by atoms with Crippen molar-refractivity contribution in [2.45, 2.75) is 94.5 Å². The molecule has 0 saturated carbocycles. The molecule has 3 N–H and O–H groups in total. The van der Waals surface area contributed by atoms with Crippen molar-refractivity contribution in [3.63, 3.8) is 0 Å². The van der Waals surface area contributed by atoms with Gasteiger partial charge >= 0.3 is 0 Å². The summed E-state index contributed by atoms with van der Waals surface area (Å²) in [6, 6.07) is 2.74. The molecule has 4 aliphatic heterocycles. The minimum Gasteiger partial charge on any atom is -0.474 e. The quantitative estimate of drug-likeness (QED) is 0.327. The van der Waals surface area contributed by atoms with Crippen molar-refractivity contribution >= 4 is 33.2 Å². The Morgan fingerprint density at radius 3 is 2.89 bits per heavy atom. The van der Waals surface area contributed by atoms with Crippen LogP contribution in [0.5, 0.6) is 5.88 Å². The molecule has 47 heavy (non-hydrogen) atoms. The maximum absolute atomic E-state index is 11.2. The van der Waals surface area contributed by atoms with Gasteiger partial charge < -0.3 is 34.6 Å². The van der Waals surface area contributed by atoms with Gasteiger partial charge in [0.2, 0.25) is 5.88 Å². The van der Waals surface area contributed by atoms with E-state index < -0.39 is 11.0 Å². The van der Waals surface area contributed by atoms with E-state index >= 15 is 0 Å². The average molecular weight is 658 g/mol. The van der Waals surface area contributed by atoms with Crippen molar-refractivity contribution in [2.75, 3.05) is 44.0 Å². The Labute approximate surface area is 276 Å². The van der Waals surface area contributed by atoms with Crippen LogP contribution in [-0.2, 0) is 23.2 Å². The zero-order chi connectivity index (χ0) is 32.2. The van der Waals surface area contributed by atoms with Crippen molar-refractivity contribution in [1.82, 2.24) is 29.8 Å². The summed E-state index contributed by atoms with van der Waals surface area (Å²) in [5.41, 5.74) is 8.27. The monoisotopic (exact) mass is 657 g/mol. The number of aliphatic hydroxyl groups is 1. The first-order valence-electron chi connectivity index (χ1n) is 16.7. The van der Waals surface area contributed by atoms with E-state index in [-0.39, 0.29) is 12.1 Å². The van der Waals surface area contributed by atoms with Gasteiger partial charge in [-0.3, -0.25) is 0 Å². The molecule has 14 heteroatoms. The van der Waals surface area contributed by atoms with Crippen molar-refractivity contribution in [3.05, 3.63) is 27.3 Å². The van der Waals surface area contributed by atoms with Crippen LogP contribution in [0.2, 0.25) is 0 Å². The lowest BCUT2D eigenvalue weighted by atomic mass is 9.68. The normalized spacial score (nSPS) is 29.2. The number of ether oxygens (including phenoxy) is 2. The molecule has 0 amide bonds. The van der Waals surface area contributed by atoms with E-state index in [9.17, 15) is 10.4 Å². The van der Waals surface area contributed by atoms with Gasteiger partial charge in [0.15, 0.2) is 22.9 Å². The Kier molecular flexibility index (Phi) is 6.48. The number of piperidine rings is 1. The largest absolute Gasteiger partial charge is 0.474 e. The highest BCUT2D eigenvalue weighted by Gasteiger charge is 2.50. The van der Waals surface area contributed by atoms with Gasteiger partial charge in [-0.1, -0.05) is 5.16 Å². The van der Waals surface area contributed by atoms with Crippen LogP contribution in [0.3, 0.4) is 0 Å². The molecule has 4 aromatic rings. The number of aromatic nitrogens is 5. The zero-order valence-corrected chi connectivity index (χ0v) is 27.8. The van der Waals surface area contributed by atoms with Crippen LogP contribution in [-0.4, -0.2) is 85.9 Å². The van der Waals surface area contributed by atoms with Crippen molar-refractivity contribution in [3.8, 4) is 23.5 Å². The highest BCUT2D eigenvalue weighted by Crippen LogP contribution is 2.53. The molecule has 2 fully saturated rings. The second-order valence-corrected chi connectivity index (χ2v) is 15.5. The molecule has 0 aromatic carbocycles. The number of nitriles is 1. The van der Waals surface area contributed by atoms with E-state index in [1.807, 2.05) is 11.6 Å². The van der Waals surface area contributed by atoms with Gasteiger partial charge in [-0.15, -0.1) is 16.4 Å². The number of likely N-dealkylation sites (tertiary alicyclic amines) is 1. The van der Waals surface area contributed by atoms with E-state index in [2.05, 4.69) is 35.0 Å². The van der Waals surface area contributed by atoms with Crippen LogP contribution in [0, 0.1) is 11.3 Å². The molecule has 4 aromatic heterocycles. The molecule has 8 heterocycles. The van der Waals surface area contributed by atoms with Gasteiger partial charge in [0.05, 0.1) is 47.4 Å². The maximum Gasteiger partial charge on any atom is 0.246 e. The number of rotatable bonds is 3. The molecule has 5 aliphatic rings. The molecule has 13 nitrogen and oxygen atoms in total. The highest BCUT2D eigenvalue weighted by atomic mass is 32.1. The lowest BCUT2D eigenvalue weighted by Gasteiger charge is -2.42. The van der Waals surface area contributed by atoms with Crippen LogP contribution in [0.25, 0.3) is 22.6 Å². The summed E-state index contributed by atoms with van der Waals surface area (Å²) in [6.45, 7) is 6.68. The maximum atomic E-state index is 11.2. The van der Waals surface area contributed by atoms with Gasteiger partial charge in [-0.25, -0.2) is 14.6 Å². The van der Waals surface area contributed by atoms with E-state index in [0.717, 1.165) is 66.5 Å². The van der Waals surface area contributed by atoms with E-state index in [1.165, 1.54) is 11.3 Å². The van der Waals surface area contributed by atoms with Crippen molar-refractivity contribution in [1.29, 1.82) is 5.26 Å². The van der Waals surface area contributed by atoms with Crippen molar-refractivity contribution in [2.24, 2.45) is 0 Å². The Hall–Kier alpha value is -3.77. The average Bonchev–Trinajstić information content (AvgIpc) is 3.82. The first-order chi connectivity index (χ1) is 22.7. The molecule has 246 valence electrons. The number of hydrogen-bond acceptors (Lipinski definition) is 13. The molecule has 0 bridgehead atoms. The molecule has 5 unspecified atom stereocenters. The minimum absolute atomic E-state index is 0.0320. The van der Waals surface area contributed by atoms with E-state index in [1.54, 1.807) is 0 Å². The van der Waals surface area contributed by atoms with Gasteiger partial charge in [0.25, 0.3) is 0 Å². The molecular weight excluding hydrogens is 618 g/mol. The van der Waals surface area contributed by atoms with Gasteiger partial charge in [-0.05, 0) is 72.4 Å². The lowest BCUT2D eigenvalue weighted by molar-refractivity contribution is 0.0321. The molecule has 1 spiro atoms. The number of nitrogen functional groups attached to an aromatic ring is 1. The topological polar surface area (TPSA) is 165 Å². The first-order valence-corrected chi connectivity index (χ1v) is 17.5. The third kappa shape index (κ3) is 4.22. The molecule has 1 aliphatic carbocycles.